The Bertz CT molecular complexity index is 653. The molecular weight excluding hydrogens is 375 g/mol. The van der Waals surface area contributed by atoms with Crippen LogP contribution in [0.1, 0.15) is 45.1 Å². The Balaban J connectivity index is 1.78. The van der Waals surface area contributed by atoms with Gasteiger partial charge in [-0.05, 0) is 31.7 Å². The van der Waals surface area contributed by atoms with E-state index in [-0.39, 0.29) is 24.5 Å². The number of anilines is 1. The maximum Gasteiger partial charge on any atom is 0.419 e. The Labute approximate surface area is 162 Å². The lowest BCUT2D eigenvalue weighted by atomic mass is 9.97. The van der Waals surface area contributed by atoms with Crippen molar-refractivity contribution in [3.05, 3.63) is 23.9 Å². The summed E-state index contributed by atoms with van der Waals surface area (Å²) in [6.45, 7) is 4.69. The largest absolute Gasteiger partial charge is 0.455 e. The van der Waals surface area contributed by atoms with Crippen molar-refractivity contribution in [2.75, 3.05) is 24.6 Å². The van der Waals surface area contributed by atoms with Crippen molar-refractivity contribution in [3.63, 3.8) is 0 Å². The van der Waals surface area contributed by atoms with Crippen LogP contribution in [0.15, 0.2) is 18.3 Å². The van der Waals surface area contributed by atoms with E-state index in [2.05, 4.69) is 10.3 Å². The molecule has 9 heteroatoms. The number of amides is 1. The molecule has 0 bridgehead atoms. The summed E-state index contributed by atoms with van der Waals surface area (Å²) in [7, 11) is 0. The summed E-state index contributed by atoms with van der Waals surface area (Å²) in [6.07, 6.45) is -0.782. The Hall–Kier alpha value is -2.32. The van der Waals surface area contributed by atoms with E-state index in [4.69, 9.17) is 4.74 Å². The molecule has 6 nitrogen and oxygen atoms in total. The highest BCUT2D eigenvalue weighted by atomic mass is 19.4. The number of carbonyl (C=O) groups is 2. The van der Waals surface area contributed by atoms with Crippen LogP contribution in [0.3, 0.4) is 0 Å². The molecule has 0 aromatic carbocycles. The Morgan fingerprint density at radius 2 is 1.89 bits per heavy atom. The highest BCUT2D eigenvalue weighted by molar-refractivity contribution is 5.81. The van der Waals surface area contributed by atoms with Gasteiger partial charge < -0.3 is 10.1 Å². The van der Waals surface area contributed by atoms with Gasteiger partial charge in [-0.1, -0.05) is 13.8 Å². The van der Waals surface area contributed by atoms with Gasteiger partial charge in [0.05, 0.1) is 24.6 Å². The molecule has 156 valence electrons. The van der Waals surface area contributed by atoms with Gasteiger partial charge in [0.25, 0.3) is 11.7 Å². The smallest absolute Gasteiger partial charge is 0.419 e. The zero-order valence-corrected chi connectivity index (χ0v) is 16.1. The molecule has 1 aliphatic rings. The number of esters is 1. The van der Waals surface area contributed by atoms with Crippen LogP contribution in [0.5, 0.6) is 0 Å². The van der Waals surface area contributed by atoms with Crippen LogP contribution in [-0.4, -0.2) is 37.6 Å². The fourth-order valence-electron chi connectivity index (χ4n) is 3.16. The van der Waals surface area contributed by atoms with Gasteiger partial charge >= 0.3 is 12.1 Å². The van der Waals surface area contributed by atoms with Gasteiger partial charge in [0.1, 0.15) is 6.20 Å². The molecule has 2 N–H and O–H groups in total. The number of halogens is 3. The van der Waals surface area contributed by atoms with Crippen molar-refractivity contribution >= 4 is 17.7 Å². The fourth-order valence-corrected chi connectivity index (χ4v) is 3.16. The van der Waals surface area contributed by atoms with E-state index in [1.807, 2.05) is 18.7 Å². The first-order chi connectivity index (χ1) is 13.2. The van der Waals surface area contributed by atoms with E-state index >= 15 is 0 Å². The number of aromatic amines is 1. The molecule has 0 atom stereocenters. The predicted molar refractivity (Wildman–Crippen MR) is 96.4 cm³/mol. The van der Waals surface area contributed by atoms with Crippen LogP contribution in [0.25, 0.3) is 0 Å². The maximum atomic E-state index is 12.6. The first-order valence-corrected chi connectivity index (χ1v) is 9.54. The summed E-state index contributed by atoms with van der Waals surface area (Å²) in [5, 5.41) is 2.81. The van der Waals surface area contributed by atoms with Crippen LogP contribution in [0.4, 0.5) is 19.0 Å². The second-order valence-electron chi connectivity index (χ2n) is 6.91. The van der Waals surface area contributed by atoms with Gasteiger partial charge in [0, 0.05) is 12.1 Å². The minimum atomic E-state index is -4.38. The molecule has 0 saturated carbocycles. The molecule has 2 heterocycles. The van der Waals surface area contributed by atoms with Gasteiger partial charge in [0.15, 0.2) is 6.61 Å². The molecule has 1 amide bonds. The van der Waals surface area contributed by atoms with Crippen molar-refractivity contribution in [2.45, 2.75) is 51.7 Å². The molecule has 0 unspecified atom stereocenters. The van der Waals surface area contributed by atoms with Gasteiger partial charge in [-0.2, -0.15) is 13.2 Å². The lowest BCUT2D eigenvalue weighted by Gasteiger charge is -2.26. The molecule has 0 spiro atoms. The van der Waals surface area contributed by atoms with Crippen molar-refractivity contribution < 1.29 is 32.5 Å². The maximum absolute atomic E-state index is 12.6. The number of pyridine rings is 1. The van der Waals surface area contributed by atoms with Gasteiger partial charge in [-0.15, -0.1) is 0 Å². The normalized spacial score (nSPS) is 15.6. The van der Waals surface area contributed by atoms with Gasteiger partial charge in [-0.25, -0.2) is 4.98 Å². The van der Waals surface area contributed by atoms with Crippen LogP contribution >= 0.6 is 0 Å². The minimum Gasteiger partial charge on any atom is -0.455 e. The summed E-state index contributed by atoms with van der Waals surface area (Å²) in [4.78, 5) is 28.5. The van der Waals surface area contributed by atoms with Gasteiger partial charge in [-0.3, -0.25) is 14.5 Å². The summed E-state index contributed by atoms with van der Waals surface area (Å²) in [6, 6.07) is 2.50. The topological polar surface area (TPSA) is 72.8 Å². The zero-order valence-electron chi connectivity index (χ0n) is 16.1. The zero-order chi connectivity index (χ0) is 20.7. The number of nitrogens with one attached hydrogen (secondary N) is 2. The van der Waals surface area contributed by atoms with Crippen molar-refractivity contribution in [2.24, 2.45) is 5.92 Å². The quantitative estimate of drug-likeness (QED) is 0.712. The fraction of sp³-hybridized carbons (Fsp3) is 0.632. The summed E-state index contributed by atoms with van der Waals surface area (Å²) >= 11 is 0. The number of alkyl halides is 3. The molecule has 0 aliphatic carbocycles. The third-order valence-electron chi connectivity index (χ3n) is 4.99. The number of aromatic nitrogens is 1. The molecule has 1 saturated heterocycles. The number of ether oxygens (including phenoxy) is 1. The van der Waals surface area contributed by atoms with Crippen molar-refractivity contribution in [3.8, 4) is 0 Å². The number of hydrogen-bond donors (Lipinski definition) is 1. The summed E-state index contributed by atoms with van der Waals surface area (Å²) in [5.41, 5.74) is -0.735. The highest BCUT2D eigenvalue weighted by Crippen LogP contribution is 2.29. The van der Waals surface area contributed by atoms with Crippen LogP contribution in [-0.2, 0) is 20.5 Å². The predicted octanol–water partition coefficient (Wildman–Crippen LogP) is 2.58. The summed E-state index contributed by atoms with van der Waals surface area (Å²) in [5.74, 6) is -0.453. The molecule has 1 fully saturated rings. The average molecular weight is 402 g/mol. The van der Waals surface area contributed by atoms with Crippen LogP contribution < -0.4 is 15.2 Å². The molecular formula is C19H27F3N3O3+. The molecule has 1 aliphatic heterocycles. The third kappa shape index (κ3) is 6.10. The number of H-pyrrole nitrogens is 1. The lowest BCUT2D eigenvalue weighted by molar-refractivity contribution is -0.367. The Morgan fingerprint density at radius 1 is 1.25 bits per heavy atom. The Morgan fingerprint density at radius 3 is 2.39 bits per heavy atom. The minimum absolute atomic E-state index is 0.0782. The number of nitrogens with zero attached hydrogens (tertiary/aromatic N) is 1. The Kier molecular flexibility index (Phi) is 7.65. The van der Waals surface area contributed by atoms with E-state index in [1.54, 1.807) is 0 Å². The first-order valence-electron chi connectivity index (χ1n) is 9.54. The standard InChI is InChI=1S/C19H26F3N3O3/c1-3-15(4-2)24-17(26)12-28-18(27)13-7-9-25(10-8-13)16-6-5-14(11-23-16)19(20,21)22/h5-6,11,13,15H,3-4,7-10,12H2,1-2H3,(H,24,26)/p+1. The number of carbonyl (C=O) groups excluding carboxylic acids is 2. The van der Waals surface area contributed by atoms with Crippen molar-refractivity contribution in [1.29, 1.82) is 0 Å². The lowest BCUT2D eigenvalue weighted by Crippen LogP contribution is -2.41. The molecule has 0 radical (unpaired) electrons. The van der Waals surface area contributed by atoms with Crippen LogP contribution in [0, 0.1) is 5.92 Å². The van der Waals surface area contributed by atoms with Gasteiger partial charge in [0.2, 0.25) is 0 Å². The number of hydrogen-bond acceptors (Lipinski definition) is 4. The van der Waals surface area contributed by atoms with E-state index < -0.39 is 17.7 Å². The SMILES string of the molecule is CCC(CC)NC(=O)COC(=O)C1CCN(c2ccc(C(F)(F)F)c[nH+]2)CC1. The van der Waals surface area contributed by atoms with Crippen LogP contribution in [0.2, 0.25) is 0 Å². The molecule has 2 rings (SSSR count). The highest BCUT2D eigenvalue weighted by Gasteiger charge is 2.34. The number of rotatable bonds is 7. The average Bonchev–Trinajstić information content (AvgIpc) is 2.69. The van der Waals surface area contributed by atoms with E-state index in [9.17, 15) is 22.8 Å². The molecule has 1 aromatic rings. The monoisotopic (exact) mass is 402 g/mol. The number of piperidine rings is 1. The molecule has 28 heavy (non-hydrogen) atoms. The van der Waals surface area contributed by atoms with E-state index in [1.165, 1.54) is 6.07 Å². The third-order valence-corrected chi connectivity index (χ3v) is 4.99. The second kappa shape index (κ2) is 9.75. The van der Waals surface area contributed by atoms with E-state index in [0.29, 0.717) is 31.7 Å². The second-order valence-corrected chi connectivity index (χ2v) is 6.91. The van der Waals surface area contributed by atoms with E-state index in [0.717, 1.165) is 25.1 Å². The molecule has 1 aromatic heterocycles. The van der Waals surface area contributed by atoms with Crippen molar-refractivity contribution in [1.82, 2.24) is 5.32 Å². The summed E-state index contributed by atoms with van der Waals surface area (Å²) < 4.78 is 43.0. The first kappa shape index (κ1) is 22.0.